The van der Waals surface area contributed by atoms with Gasteiger partial charge in [0, 0.05) is 18.5 Å². The molecule has 0 atom stereocenters. The molecule has 0 radical (unpaired) electrons. The van der Waals surface area contributed by atoms with E-state index in [-0.39, 0.29) is 5.91 Å². The Kier molecular flexibility index (Phi) is 12.8. The average Bonchev–Trinajstić information content (AvgIpc) is 3.09. The Labute approximate surface area is 168 Å². The lowest BCUT2D eigenvalue weighted by Crippen LogP contribution is -2.10. The third-order valence-electron chi connectivity index (χ3n) is 4.20. The molecule has 1 aromatic carbocycles. The summed E-state index contributed by atoms with van der Waals surface area (Å²) in [5.41, 5.74) is 1.81. The number of rotatable bonds is 12. The highest BCUT2D eigenvalue weighted by atomic mass is 16.5. The van der Waals surface area contributed by atoms with Crippen LogP contribution in [0, 0.1) is 12.3 Å². The summed E-state index contributed by atoms with van der Waals surface area (Å²) in [4.78, 5) is 20.4. The van der Waals surface area contributed by atoms with Crippen LogP contribution in [0.1, 0.15) is 63.4 Å². The van der Waals surface area contributed by atoms with Gasteiger partial charge in [-0.3, -0.25) is 9.59 Å². The van der Waals surface area contributed by atoms with Crippen LogP contribution in [0.3, 0.4) is 0 Å². The molecule has 0 bridgehead atoms. The maximum Gasteiger partial charge on any atom is 0.293 e. The minimum Gasteiger partial charge on any atom is -0.494 e. The number of ether oxygens (including phenoxy) is 2. The molecule has 0 aromatic heterocycles. The molecule has 28 heavy (non-hydrogen) atoms. The van der Waals surface area contributed by atoms with Gasteiger partial charge in [0.1, 0.15) is 12.4 Å². The van der Waals surface area contributed by atoms with Crippen molar-refractivity contribution >= 4 is 12.4 Å². The van der Waals surface area contributed by atoms with Crippen LogP contribution in [0.2, 0.25) is 0 Å². The molecule has 1 N–H and O–H groups in total. The summed E-state index contributed by atoms with van der Waals surface area (Å²) < 4.78 is 10.4. The second-order valence-electron chi connectivity index (χ2n) is 6.63. The number of hydrogen-bond acceptors (Lipinski definition) is 4. The molecule has 0 aliphatic carbocycles. The summed E-state index contributed by atoms with van der Waals surface area (Å²) in [5.74, 6) is 3.63. The highest BCUT2D eigenvalue weighted by molar-refractivity contribution is 5.80. The van der Waals surface area contributed by atoms with Gasteiger partial charge in [-0.1, -0.05) is 44.4 Å². The molecule has 1 fully saturated rings. The van der Waals surface area contributed by atoms with E-state index in [1.165, 1.54) is 25.7 Å². The van der Waals surface area contributed by atoms with E-state index in [1.807, 2.05) is 24.3 Å². The Bertz CT molecular complexity index is 617. The molecule has 0 unspecified atom stereocenters. The summed E-state index contributed by atoms with van der Waals surface area (Å²) in [7, 11) is 0. The molecule has 0 saturated carbocycles. The van der Waals surface area contributed by atoms with E-state index in [4.69, 9.17) is 11.2 Å². The second kappa shape index (κ2) is 15.3. The summed E-state index contributed by atoms with van der Waals surface area (Å²) >= 11 is 0. The number of nitrogens with one attached hydrogen (secondary N) is 1. The third kappa shape index (κ3) is 11.8. The monoisotopic (exact) mass is 385 g/mol. The first-order valence-electron chi connectivity index (χ1n) is 9.83. The van der Waals surface area contributed by atoms with Crippen molar-refractivity contribution in [3.8, 4) is 18.1 Å². The molecule has 2 rings (SSSR count). The van der Waals surface area contributed by atoms with Crippen LogP contribution in [0.5, 0.6) is 5.75 Å². The zero-order chi connectivity index (χ0) is 20.5. The normalized spacial score (nSPS) is 12.4. The van der Waals surface area contributed by atoms with Crippen LogP contribution < -0.4 is 10.1 Å². The molecule has 152 valence electrons. The van der Waals surface area contributed by atoms with Crippen molar-refractivity contribution in [1.82, 2.24) is 5.32 Å². The SMILES string of the molecule is C#CCCCCCCCCOc1ccc(COC=O)cc1.C=C1CCC(=O)N1. The molecule has 1 aromatic rings. The number of allylic oxidation sites excluding steroid dienone is 1. The number of carbonyl (C=O) groups is 2. The van der Waals surface area contributed by atoms with Crippen LogP contribution >= 0.6 is 0 Å². The van der Waals surface area contributed by atoms with E-state index in [0.29, 0.717) is 19.5 Å². The third-order valence-corrected chi connectivity index (χ3v) is 4.20. The Morgan fingerprint density at radius 2 is 1.75 bits per heavy atom. The summed E-state index contributed by atoms with van der Waals surface area (Å²) in [5, 5.41) is 2.58. The summed E-state index contributed by atoms with van der Waals surface area (Å²) in [6, 6.07) is 7.63. The maximum absolute atomic E-state index is 10.3. The van der Waals surface area contributed by atoms with Gasteiger partial charge in [0.15, 0.2) is 0 Å². The molecule has 5 nitrogen and oxygen atoms in total. The highest BCUT2D eigenvalue weighted by Gasteiger charge is 2.10. The fraction of sp³-hybridized carbons (Fsp3) is 0.478. The Morgan fingerprint density at radius 3 is 2.29 bits per heavy atom. The Balaban J connectivity index is 0.000000467. The smallest absolute Gasteiger partial charge is 0.293 e. The van der Waals surface area contributed by atoms with Gasteiger partial charge in [0.2, 0.25) is 5.91 Å². The van der Waals surface area contributed by atoms with E-state index in [9.17, 15) is 9.59 Å². The van der Waals surface area contributed by atoms with Crippen molar-refractivity contribution < 1.29 is 19.1 Å². The van der Waals surface area contributed by atoms with Gasteiger partial charge in [-0.05, 0) is 37.0 Å². The van der Waals surface area contributed by atoms with Gasteiger partial charge >= 0.3 is 0 Å². The fourth-order valence-corrected chi connectivity index (χ4v) is 2.62. The number of hydrogen-bond donors (Lipinski definition) is 1. The fourth-order valence-electron chi connectivity index (χ4n) is 2.62. The zero-order valence-corrected chi connectivity index (χ0v) is 16.6. The van der Waals surface area contributed by atoms with Gasteiger partial charge in [-0.15, -0.1) is 12.3 Å². The van der Waals surface area contributed by atoms with Gasteiger partial charge in [-0.2, -0.15) is 0 Å². The molecular formula is C23H31NO4. The van der Waals surface area contributed by atoms with Crippen molar-refractivity contribution in [2.24, 2.45) is 0 Å². The zero-order valence-electron chi connectivity index (χ0n) is 16.6. The topological polar surface area (TPSA) is 64.6 Å². The van der Waals surface area contributed by atoms with Crippen molar-refractivity contribution in [1.29, 1.82) is 0 Å². The van der Waals surface area contributed by atoms with E-state index >= 15 is 0 Å². The number of unbranched alkanes of at least 4 members (excludes halogenated alkanes) is 6. The minimum atomic E-state index is 0.102. The first-order chi connectivity index (χ1) is 13.7. The molecule has 1 saturated heterocycles. The molecule has 1 heterocycles. The quantitative estimate of drug-likeness (QED) is 0.327. The largest absolute Gasteiger partial charge is 0.494 e. The number of benzene rings is 1. The molecular weight excluding hydrogens is 354 g/mol. The first-order valence-corrected chi connectivity index (χ1v) is 9.83. The number of terminal acetylenes is 1. The molecule has 5 heteroatoms. The molecule has 1 amide bonds. The number of carbonyl (C=O) groups excluding carboxylic acids is 2. The van der Waals surface area contributed by atoms with Crippen LogP contribution in [0.15, 0.2) is 36.5 Å². The predicted octanol–water partition coefficient (Wildman–Crippen LogP) is 4.51. The lowest BCUT2D eigenvalue weighted by Gasteiger charge is -2.07. The van der Waals surface area contributed by atoms with Crippen LogP contribution in [-0.2, 0) is 20.9 Å². The number of amides is 1. The van der Waals surface area contributed by atoms with Crippen LogP contribution in [0.25, 0.3) is 0 Å². The maximum atomic E-state index is 10.3. The lowest BCUT2D eigenvalue weighted by atomic mass is 10.1. The van der Waals surface area contributed by atoms with E-state index in [2.05, 4.69) is 22.6 Å². The van der Waals surface area contributed by atoms with Crippen molar-refractivity contribution in [2.45, 2.75) is 64.4 Å². The van der Waals surface area contributed by atoms with Gasteiger partial charge in [0.25, 0.3) is 6.47 Å². The highest BCUT2D eigenvalue weighted by Crippen LogP contribution is 2.14. The van der Waals surface area contributed by atoms with E-state index in [0.717, 1.165) is 49.3 Å². The van der Waals surface area contributed by atoms with Gasteiger partial charge < -0.3 is 14.8 Å². The molecule has 1 aliphatic heterocycles. The average molecular weight is 386 g/mol. The van der Waals surface area contributed by atoms with Crippen LogP contribution in [-0.4, -0.2) is 19.0 Å². The van der Waals surface area contributed by atoms with Gasteiger partial charge in [0.05, 0.1) is 6.61 Å². The standard InChI is InChI=1S/C18H24O3.C5H7NO/c1-2-3-4-5-6-7-8-9-14-21-18-12-10-17(11-13-18)15-20-16-19;1-4-2-3-5(7)6-4/h1,10-13,16H,3-9,14-15H2;1-3H2,(H,6,7). The van der Waals surface area contributed by atoms with E-state index in [1.54, 1.807) is 0 Å². The minimum absolute atomic E-state index is 0.102. The molecule has 1 aliphatic rings. The summed E-state index contributed by atoms with van der Waals surface area (Å²) in [6.07, 6.45) is 14.7. The summed E-state index contributed by atoms with van der Waals surface area (Å²) in [6.45, 7) is 5.08. The van der Waals surface area contributed by atoms with Gasteiger partial charge in [-0.25, -0.2) is 0 Å². The van der Waals surface area contributed by atoms with Crippen molar-refractivity contribution in [3.05, 3.63) is 42.1 Å². The van der Waals surface area contributed by atoms with Crippen molar-refractivity contribution in [2.75, 3.05) is 6.61 Å². The molecule has 0 spiro atoms. The first kappa shape index (κ1) is 23.3. The Morgan fingerprint density at radius 1 is 1.07 bits per heavy atom. The predicted molar refractivity (Wildman–Crippen MR) is 110 cm³/mol. The lowest BCUT2D eigenvalue weighted by molar-refractivity contribution is -0.129. The Hall–Kier alpha value is -2.74. The van der Waals surface area contributed by atoms with Crippen LogP contribution in [0.4, 0.5) is 0 Å². The van der Waals surface area contributed by atoms with Crippen molar-refractivity contribution in [3.63, 3.8) is 0 Å². The second-order valence-corrected chi connectivity index (χ2v) is 6.63. The van der Waals surface area contributed by atoms with E-state index < -0.39 is 0 Å².